The van der Waals surface area contributed by atoms with Gasteiger partial charge in [-0.2, -0.15) is 0 Å². The fourth-order valence-corrected chi connectivity index (χ4v) is 4.61. The zero-order valence-corrected chi connectivity index (χ0v) is 14.5. The Morgan fingerprint density at radius 3 is 2.73 bits per heavy atom. The minimum absolute atomic E-state index is 0.399. The first-order valence-corrected chi connectivity index (χ1v) is 9.55. The zero-order valence-electron chi connectivity index (χ0n) is 14.5. The average molecular weight is 351 g/mol. The van der Waals surface area contributed by atoms with Crippen molar-refractivity contribution >= 4 is 16.9 Å². The molecule has 0 aliphatic heterocycles. The van der Waals surface area contributed by atoms with Crippen molar-refractivity contribution in [2.45, 2.75) is 63.0 Å². The van der Waals surface area contributed by atoms with E-state index in [-0.39, 0.29) is 0 Å². The number of nitrogens with zero attached hydrogens (tertiary/aromatic N) is 4. The lowest BCUT2D eigenvalue weighted by atomic mass is 9.92. The second kappa shape index (κ2) is 5.07. The molecule has 3 heterocycles. The summed E-state index contributed by atoms with van der Waals surface area (Å²) in [6.45, 7) is 0. The molecule has 7 heteroatoms. The van der Waals surface area contributed by atoms with Gasteiger partial charge in [-0.1, -0.05) is 5.16 Å². The van der Waals surface area contributed by atoms with Crippen LogP contribution >= 0.6 is 0 Å². The van der Waals surface area contributed by atoms with Crippen molar-refractivity contribution in [1.82, 2.24) is 19.7 Å². The van der Waals surface area contributed by atoms with Crippen molar-refractivity contribution in [1.29, 1.82) is 0 Å². The van der Waals surface area contributed by atoms with Crippen LogP contribution in [0.3, 0.4) is 0 Å². The number of aliphatic hydroxyl groups excluding tert-OH is 1. The molecule has 134 valence electrons. The highest BCUT2D eigenvalue weighted by molar-refractivity contribution is 6.02. The van der Waals surface area contributed by atoms with E-state index in [0.29, 0.717) is 24.2 Å². The number of nitrogen functional groups attached to an aromatic ring is 1. The number of anilines is 1. The summed E-state index contributed by atoms with van der Waals surface area (Å²) in [5.41, 5.74) is 10.9. The molecule has 2 fully saturated rings. The van der Waals surface area contributed by atoms with Crippen LogP contribution in [0.5, 0.6) is 0 Å². The second-order valence-electron chi connectivity index (χ2n) is 7.87. The second-order valence-corrected chi connectivity index (χ2v) is 7.87. The Balaban J connectivity index is 1.70. The maximum atomic E-state index is 10.8. The molecule has 26 heavy (non-hydrogen) atoms. The Hall–Kier alpha value is -2.41. The fourth-order valence-electron chi connectivity index (χ4n) is 4.61. The van der Waals surface area contributed by atoms with Gasteiger partial charge in [-0.25, -0.2) is 9.97 Å². The van der Waals surface area contributed by atoms with Gasteiger partial charge in [-0.15, -0.1) is 0 Å². The van der Waals surface area contributed by atoms with Crippen molar-refractivity contribution in [3.05, 3.63) is 23.3 Å². The Labute approximate surface area is 150 Å². The summed E-state index contributed by atoms with van der Waals surface area (Å²) in [5.74, 6) is 1.74. The van der Waals surface area contributed by atoms with Crippen molar-refractivity contribution in [2.75, 3.05) is 5.73 Å². The maximum Gasteiger partial charge on any atom is 0.146 e. The van der Waals surface area contributed by atoms with Crippen LogP contribution in [-0.4, -0.2) is 24.8 Å². The van der Waals surface area contributed by atoms with E-state index in [9.17, 15) is 5.11 Å². The summed E-state index contributed by atoms with van der Waals surface area (Å²) >= 11 is 0. The molecule has 0 amide bonds. The SMILES string of the molecule is Nc1ncnc2c1c1c(n2C2CCC2)CCC(O)c2c-1noc2C1CC1. The van der Waals surface area contributed by atoms with E-state index in [4.69, 9.17) is 10.3 Å². The number of aliphatic hydroxyl groups is 1. The minimum Gasteiger partial charge on any atom is -0.388 e. The van der Waals surface area contributed by atoms with Crippen LogP contribution in [0.1, 0.15) is 73.6 Å². The largest absolute Gasteiger partial charge is 0.388 e. The number of hydrogen-bond donors (Lipinski definition) is 2. The van der Waals surface area contributed by atoms with Crippen LogP contribution in [0.2, 0.25) is 0 Å². The van der Waals surface area contributed by atoms with Gasteiger partial charge >= 0.3 is 0 Å². The van der Waals surface area contributed by atoms with E-state index in [1.807, 2.05) is 0 Å². The Morgan fingerprint density at radius 2 is 2.00 bits per heavy atom. The van der Waals surface area contributed by atoms with E-state index < -0.39 is 6.10 Å². The molecule has 3 aliphatic carbocycles. The maximum absolute atomic E-state index is 10.8. The monoisotopic (exact) mass is 351 g/mol. The van der Waals surface area contributed by atoms with E-state index in [1.54, 1.807) is 6.33 Å². The van der Waals surface area contributed by atoms with Crippen LogP contribution in [0.4, 0.5) is 5.82 Å². The third kappa shape index (κ3) is 1.84. The standard InChI is InChI=1S/C19H21N5O2/c20-18-15-13-11(24(10-2-1-3-10)19(15)22-8-21-18)6-7-12(25)14-16(13)23-26-17(14)9-4-5-9/h8-10,12,25H,1-7H2,(H2,20,21,22). The van der Waals surface area contributed by atoms with Crippen LogP contribution in [-0.2, 0) is 6.42 Å². The molecule has 0 bridgehead atoms. The molecule has 3 N–H and O–H groups in total. The van der Waals surface area contributed by atoms with Gasteiger partial charge in [0.25, 0.3) is 0 Å². The molecule has 1 unspecified atom stereocenters. The highest BCUT2D eigenvalue weighted by atomic mass is 16.5. The Kier molecular flexibility index (Phi) is 2.87. The van der Waals surface area contributed by atoms with Crippen molar-refractivity contribution in [3.8, 4) is 11.3 Å². The van der Waals surface area contributed by atoms with Gasteiger partial charge in [0, 0.05) is 23.2 Å². The Bertz CT molecular complexity index is 1030. The van der Waals surface area contributed by atoms with Gasteiger partial charge in [-0.05, 0) is 44.9 Å². The van der Waals surface area contributed by atoms with Gasteiger partial charge in [0.1, 0.15) is 29.2 Å². The number of fused-ring (bicyclic) bond motifs is 5. The van der Waals surface area contributed by atoms with Crippen LogP contribution in [0.25, 0.3) is 22.3 Å². The molecule has 0 saturated heterocycles. The van der Waals surface area contributed by atoms with E-state index in [0.717, 1.165) is 65.7 Å². The molecule has 1 atom stereocenters. The molecule has 0 aromatic carbocycles. The topological polar surface area (TPSA) is 103 Å². The highest BCUT2D eigenvalue weighted by Gasteiger charge is 2.39. The summed E-state index contributed by atoms with van der Waals surface area (Å²) in [6, 6.07) is 0.448. The van der Waals surface area contributed by atoms with Gasteiger partial charge < -0.3 is 19.9 Å². The predicted molar refractivity (Wildman–Crippen MR) is 95.6 cm³/mol. The normalized spacial score (nSPS) is 22.7. The lowest BCUT2D eigenvalue weighted by molar-refractivity contribution is 0.165. The first kappa shape index (κ1) is 14.7. The van der Waals surface area contributed by atoms with Gasteiger partial charge in [0.15, 0.2) is 0 Å². The number of rotatable bonds is 2. The lowest BCUT2D eigenvalue weighted by Crippen LogP contribution is -2.19. The number of nitrogens with two attached hydrogens (primary N) is 1. The molecular weight excluding hydrogens is 330 g/mol. The van der Waals surface area contributed by atoms with Gasteiger partial charge in [0.05, 0.1) is 17.1 Å². The van der Waals surface area contributed by atoms with E-state index in [2.05, 4.69) is 19.7 Å². The number of aromatic nitrogens is 4. The van der Waals surface area contributed by atoms with Gasteiger partial charge in [-0.3, -0.25) is 0 Å². The fraction of sp³-hybridized carbons (Fsp3) is 0.526. The van der Waals surface area contributed by atoms with E-state index in [1.165, 1.54) is 12.1 Å². The molecule has 3 aromatic rings. The van der Waals surface area contributed by atoms with Crippen LogP contribution < -0.4 is 5.73 Å². The van der Waals surface area contributed by atoms with Crippen molar-refractivity contribution in [3.63, 3.8) is 0 Å². The smallest absolute Gasteiger partial charge is 0.146 e. The summed E-state index contributed by atoms with van der Waals surface area (Å²) in [4.78, 5) is 8.82. The first-order chi connectivity index (χ1) is 12.7. The third-order valence-corrected chi connectivity index (χ3v) is 6.28. The zero-order chi connectivity index (χ0) is 17.4. The molecular formula is C19H21N5O2. The van der Waals surface area contributed by atoms with E-state index >= 15 is 0 Å². The molecule has 6 rings (SSSR count). The van der Waals surface area contributed by atoms with Crippen molar-refractivity contribution < 1.29 is 9.63 Å². The first-order valence-electron chi connectivity index (χ1n) is 9.55. The van der Waals surface area contributed by atoms with Crippen LogP contribution in [0.15, 0.2) is 10.9 Å². The highest BCUT2D eigenvalue weighted by Crippen LogP contribution is 2.51. The third-order valence-electron chi connectivity index (χ3n) is 6.28. The Morgan fingerprint density at radius 1 is 1.15 bits per heavy atom. The predicted octanol–water partition coefficient (Wildman–Crippen LogP) is 3.25. The molecule has 7 nitrogen and oxygen atoms in total. The van der Waals surface area contributed by atoms with Crippen LogP contribution in [0, 0.1) is 0 Å². The molecule has 2 saturated carbocycles. The average Bonchev–Trinajstić information content (AvgIpc) is 3.28. The molecule has 3 aromatic heterocycles. The molecule has 3 aliphatic rings. The summed E-state index contributed by atoms with van der Waals surface area (Å²) in [6.07, 6.45) is 8.20. The summed E-state index contributed by atoms with van der Waals surface area (Å²) in [5, 5.41) is 16.1. The quantitative estimate of drug-likeness (QED) is 0.734. The number of hydrogen-bond acceptors (Lipinski definition) is 6. The molecule has 0 radical (unpaired) electrons. The lowest BCUT2D eigenvalue weighted by Gasteiger charge is -2.29. The van der Waals surface area contributed by atoms with Crippen molar-refractivity contribution in [2.24, 2.45) is 0 Å². The molecule has 0 spiro atoms. The van der Waals surface area contributed by atoms with Gasteiger partial charge in [0.2, 0.25) is 0 Å². The summed E-state index contributed by atoms with van der Waals surface area (Å²) < 4.78 is 8.06. The minimum atomic E-state index is -0.546. The summed E-state index contributed by atoms with van der Waals surface area (Å²) in [7, 11) is 0.